The molecule has 0 atom stereocenters. The minimum Gasteiger partial charge on any atom is -0.496 e. The highest BCUT2D eigenvalue weighted by Crippen LogP contribution is 2.32. The minimum absolute atomic E-state index is 0.595. The van der Waals surface area contributed by atoms with E-state index in [1.54, 1.807) is 13.2 Å². The Morgan fingerprint density at radius 3 is 2.28 bits per heavy atom. The van der Waals surface area contributed by atoms with Gasteiger partial charge in [0.1, 0.15) is 5.75 Å². The molecule has 0 aromatic heterocycles. The Hall–Kier alpha value is -2.73. The Kier molecular flexibility index (Phi) is 5.37. The van der Waals surface area contributed by atoms with Crippen LogP contribution in [0.2, 0.25) is 0 Å². The van der Waals surface area contributed by atoms with E-state index in [2.05, 4.69) is 23.1 Å². The molecule has 0 aliphatic carbocycles. The maximum absolute atomic E-state index is 13.0. The van der Waals surface area contributed by atoms with Crippen molar-refractivity contribution in [1.29, 1.82) is 0 Å². The number of halogens is 3. The number of rotatable bonds is 4. The van der Waals surface area contributed by atoms with E-state index >= 15 is 0 Å². The van der Waals surface area contributed by atoms with Gasteiger partial charge in [0, 0.05) is 43.8 Å². The third-order valence-electron chi connectivity index (χ3n) is 5.50. The van der Waals surface area contributed by atoms with Crippen molar-refractivity contribution in [2.75, 3.05) is 38.2 Å². The molecule has 0 N–H and O–H groups in total. The van der Waals surface area contributed by atoms with Crippen molar-refractivity contribution < 1.29 is 17.9 Å². The highest BCUT2D eigenvalue weighted by Gasteiger charge is 2.31. The highest BCUT2D eigenvalue weighted by molar-refractivity contribution is 5.91. The molecule has 152 valence electrons. The molecule has 0 radical (unpaired) electrons. The largest absolute Gasteiger partial charge is 0.496 e. The Morgan fingerprint density at radius 1 is 0.862 bits per heavy atom. The summed E-state index contributed by atoms with van der Waals surface area (Å²) in [4.78, 5) is 4.37. The molecule has 3 aromatic rings. The minimum atomic E-state index is -4.31. The molecule has 1 aliphatic rings. The normalized spacial score (nSPS) is 15.7. The van der Waals surface area contributed by atoms with Crippen LogP contribution in [0.3, 0.4) is 0 Å². The van der Waals surface area contributed by atoms with Crippen LogP contribution in [0.15, 0.2) is 60.7 Å². The van der Waals surface area contributed by atoms with Gasteiger partial charge in [-0.15, -0.1) is 0 Å². The molecule has 0 saturated carbocycles. The van der Waals surface area contributed by atoms with Gasteiger partial charge in [0.05, 0.1) is 12.7 Å². The first-order valence-corrected chi connectivity index (χ1v) is 9.65. The van der Waals surface area contributed by atoms with Crippen LogP contribution in [0.4, 0.5) is 18.9 Å². The van der Waals surface area contributed by atoms with Crippen LogP contribution in [0, 0.1) is 0 Å². The van der Waals surface area contributed by atoms with Crippen molar-refractivity contribution in [1.82, 2.24) is 4.90 Å². The van der Waals surface area contributed by atoms with Crippen LogP contribution in [0.5, 0.6) is 5.75 Å². The average molecular weight is 400 g/mol. The number of alkyl halides is 3. The van der Waals surface area contributed by atoms with Gasteiger partial charge >= 0.3 is 6.18 Å². The van der Waals surface area contributed by atoms with Crippen molar-refractivity contribution in [3.63, 3.8) is 0 Å². The number of nitrogens with zero attached hydrogens (tertiary/aromatic N) is 2. The van der Waals surface area contributed by atoms with Crippen LogP contribution in [-0.4, -0.2) is 38.2 Å². The summed E-state index contributed by atoms with van der Waals surface area (Å²) in [6, 6.07) is 17.9. The van der Waals surface area contributed by atoms with Crippen LogP contribution >= 0.6 is 0 Å². The fourth-order valence-electron chi connectivity index (χ4n) is 3.93. The summed E-state index contributed by atoms with van der Waals surface area (Å²) in [5.41, 5.74) is 1.27. The molecule has 0 amide bonds. The number of ether oxygens (including phenoxy) is 1. The predicted octanol–water partition coefficient (Wildman–Crippen LogP) is 5.19. The summed E-state index contributed by atoms with van der Waals surface area (Å²) >= 11 is 0. The van der Waals surface area contributed by atoms with Crippen molar-refractivity contribution in [3.8, 4) is 5.75 Å². The monoisotopic (exact) mass is 400 g/mol. The molecule has 1 heterocycles. The average Bonchev–Trinajstić information content (AvgIpc) is 2.74. The lowest BCUT2D eigenvalue weighted by molar-refractivity contribution is -0.137. The molecule has 1 aliphatic heterocycles. The molecule has 3 aromatic carbocycles. The molecule has 3 nitrogen and oxygen atoms in total. The Morgan fingerprint density at radius 2 is 1.59 bits per heavy atom. The van der Waals surface area contributed by atoms with E-state index in [0.29, 0.717) is 18.8 Å². The van der Waals surface area contributed by atoms with Crippen molar-refractivity contribution in [2.45, 2.75) is 12.7 Å². The Bertz CT molecular complexity index is 995. The van der Waals surface area contributed by atoms with Gasteiger partial charge in [-0.1, -0.05) is 36.4 Å². The van der Waals surface area contributed by atoms with Gasteiger partial charge in [0.2, 0.25) is 0 Å². The summed E-state index contributed by atoms with van der Waals surface area (Å²) in [6.45, 7) is 3.82. The predicted molar refractivity (Wildman–Crippen MR) is 109 cm³/mol. The number of anilines is 1. The molecule has 29 heavy (non-hydrogen) atoms. The maximum atomic E-state index is 13.0. The lowest BCUT2D eigenvalue weighted by Crippen LogP contribution is -2.46. The van der Waals surface area contributed by atoms with Gasteiger partial charge < -0.3 is 9.64 Å². The number of hydrogen-bond donors (Lipinski definition) is 0. The lowest BCUT2D eigenvalue weighted by atomic mass is 10.0. The van der Waals surface area contributed by atoms with Crippen LogP contribution < -0.4 is 9.64 Å². The lowest BCUT2D eigenvalue weighted by Gasteiger charge is -2.36. The van der Waals surface area contributed by atoms with Gasteiger partial charge in [-0.25, -0.2) is 0 Å². The van der Waals surface area contributed by atoms with Crippen LogP contribution in [0.25, 0.3) is 10.8 Å². The zero-order valence-corrected chi connectivity index (χ0v) is 16.2. The van der Waals surface area contributed by atoms with Crippen molar-refractivity contribution in [3.05, 3.63) is 71.8 Å². The maximum Gasteiger partial charge on any atom is 0.416 e. The van der Waals surface area contributed by atoms with Crippen molar-refractivity contribution >= 4 is 16.5 Å². The number of benzene rings is 3. The van der Waals surface area contributed by atoms with E-state index in [1.165, 1.54) is 23.1 Å². The SMILES string of the molecule is COc1ccc(CN2CCN(c3cccc(C(F)(F)F)c3)CC2)c2ccccc12. The molecular formula is C23H23F3N2O. The topological polar surface area (TPSA) is 15.7 Å². The van der Waals surface area contributed by atoms with Crippen LogP contribution in [0.1, 0.15) is 11.1 Å². The van der Waals surface area contributed by atoms with Gasteiger partial charge in [-0.3, -0.25) is 4.90 Å². The van der Waals surface area contributed by atoms with Crippen LogP contribution in [-0.2, 0) is 12.7 Å². The van der Waals surface area contributed by atoms with Gasteiger partial charge in [0.15, 0.2) is 0 Å². The molecule has 0 unspecified atom stereocenters. The van der Waals surface area contributed by atoms with Gasteiger partial charge in [-0.05, 0) is 35.2 Å². The van der Waals surface area contributed by atoms with Crippen molar-refractivity contribution in [2.24, 2.45) is 0 Å². The number of fused-ring (bicyclic) bond motifs is 1. The first kappa shape index (κ1) is 19.6. The number of hydrogen-bond acceptors (Lipinski definition) is 3. The number of piperazine rings is 1. The smallest absolute Gasteiger partial charge is 0.416 e. The molecular weight excluding hydrogens is 377 g/mol. The molecule has 6 heteroatoms. The first-order valence-electron chi connectivity index (χ1n) is 9.65. The molecule has 4 rings (SSSR count). The fourth-order valence-corrected chi connectivity index (χ4v) is 3.93. The molecule has 1 fully saturated rings. The van der Waals surface area contributed by atoms with Gasteiger partial charge in [0.25, 0.3) is 0 Å². The van der Waals surface area contributed by atoms with E-state index < -0.39 is 11.7 Å². The first-order chi connectivity index (χ1) is 14.0. The fraction of sp³-hybridized carbons (Fsp3) is 0.304. The zero-order chi connectivity index (χ0) is 20.4. The summed E-state index contributed by atoms with van der Waals surface area (Å²) in [6.07, 6.45) is -4.31. The molecule has 0 spiro atoms. The van der Waals surface area contributed by atoms with Gasteiger partial charge in [-0.2, -0.15) is 13.2 Å². The third kappa shape index (κ3) is 4.17. The Balaban J connectivity index is 1.46. The summed E-state index contributed by atoms with van der Waals surface area (Å²) in [7, 11) is 1.68. The number of methoxy groups -OCH3 is 1. The Labute approximate surface area is 168 Å². The standard InChI is InChI=1S/C23H23F3N2O/c1-29-22-10-9-17(20-7-2-3-8-21(20)22)16-27-11-13-28(14-12-27)19-6-4-5-18(15-19)23(24,25)26/h2-10,15H,11-14,16H2,1H3. The molecule has 0 bridgehead atoms. The summed E-state index contributed by atoms with van der Waals surface area (Å²) in [5, 5.41) is 2.27. The quantitative estimate of drug-likeness (QED) is 0.600. The molecule has 1 saturated heterocycles. The third-order valence-corrected chi connectivity index (χ3v) is 5.50. The van der Waals surface area contributed by atoms with E-state index in [-0.39, 0.29) is 0 Å². The van der Waals surface area contributed by atoms with E-state index in [4.69, 9.17) is 4.74 Å². The highest BCUT2D eigenvalue weighted by atomic mass is 19.4. The second-order valence-electron chi connectivity index (χ2n) is 7.28. The van der Waals surface area contributed by atoms with E-state index in [0.717, 1.165) is 36.8 Å². The summed E-state index contributed by atoms with van der Waals surface area (Å²) in [5.74, 6) is 0.860. The van der Waals surface area contributed by atoms with E-state index in [9.17, 15) is 13.2 Å². The second kappa shape index (κ2) is 7.95. The second-order valence-corrected chi connectivity index (χ2v) is 7.28. The zero-order valence-electron chi connectivity index (χ0n) is 16.2. The summed E-state index contributed by atoms with van der Waals surface area (Å²) < 4.78 is 44.4. The van der Waals surface area contributed by atoms with E-state index in [1.807, 2.05) is 23.1 Å².